The Morgan fingerprint density at radius 2 is 1.92 bits per heavy atom. The van der Waals surface area contributed by atoms with Gasteiger partial charge in [-0.2, -0.15) is 0 Å². The highest BCUT2D eigenvalue weighted by molar-refractivity contribution is 6.11. The minimum Gasteiger partial charge on any atom is -0.384 e. The van der Waals surface area contributed by atoms with Crippen LogP contribution in [0.2, 0.25) is 0 Å². The Kier molecular flexibility index (Phi) is 6.90. The first-order valence-corrected chi connectivity index (χ1v) is 12.6. The van der Waals surface area contributed by atoms with Crippen LogP contribution in [-0.2, 0) is 11.2 Å². The summed E-state index contributed by atoms with van der Waals surface area (Å²) in [6.07, 6.45) is 3.82. The molecule has 2 aromatic rings. The number of benzene rings is 2. The molecular formula is C28H33N7O3. The number of carbonyl (C=O) groups is 2. The highest BCUT2D eigenvalue weighted by Crippen LogP contribution is 2.38. The topological polar surface area (TPSA) is 93.1 Å². The molecule has 0 bridgehead atoms. The molecule has 0 aliphatic carbocycles. The highest BCUT2D eigenvalue weighted by Gasteiger charge is 2.44. The summed E-state index contributed by atoms with van der Waals surface area (Å²) < 4.78 is 0. The molecule has 0 spiro atoms. The van der Waals surface area contributed by atoms with E-state index in [2.05, 4.69) is 10.3 Å². The molecule has 0 radical (unpaired) electrons. The zero-order valence-corrected chi connectivity index (χ0v) is 22.4. The maximum absolute atomic E-state index is 14.1. The van der Waals surface area contributed by atoms with Crippen molar-refractivity contribution in [2.75, 3.05) is 53.6 Å². The molecule has 5 rings (SSSR count). The number of nitrogens with one attached hydrogen (secondary N) is 1. The highest BCUT2D eigenvalue weighted by atomic mass is 16.7. The minimum atomic E-state index is -0.691. The summed E-state index contributed by atoms with van der Waals surface area (Å²) in [5, 5.41) is 4.71. The molecule has 2 atom stereocenters. The molecule has 0 saturated carbocycles. The van der Waals surface area contributed by atoms with E-state index < -0.39 is 6.04 Å². The second-order valence-electron chi connectivity index (χ2n) is 10.1. The smallest absolute Gasteiger partial charge is 0.285 e. The number of anilines is 1. The van der Waals surface area contributed by atoms with Crippen LogP contribution in [0, 0.1) is 0 Å². The van der Waals surface area contributed by atoms with Gasteiger partial charge in [0.05, 0.1) is 12.5 Å². The van der Waals surface area contributed by atoms with Gasteiger partial charge < -0.3 is 24.9 Å². The Hall–Kier alpha value is -4.18. The summed E-state index contributed by atoms with van der Waals surface area (Å²) in [6.45, 7) is 1.30. The molecule has 0 aromatic heterocycles. The average Bonchev–Trinajstić information content (AvgIpc) is 3.33. The first-order chi connectivity index (χ1) is 18.3. The van der Waals surface area contributed by atoms with Gasteiger partial charge in [0, 0.05) is 57.0 Å². The molecule has 2 aromatic carbocycles. The minimum absolute atomic E-state index is 0.121. The number of hydrogen-bond donors (Lipinski definition) is 1. The van der Waals surface area contributed by atoms with E-state index in [-0.39, 0.29) is 17.7 Å². The largest absolute Gasteiger partial charge is 0.384 e. The van der Waals surface area contributed by atoms with Crippen LogP contribution in [0.15, 0.2) is 64.3 Å². The number of carbonyl (C=O) groups excluding carboxylic acids is 2. The molecule has 2 amide bonds. The Bertz CT molecular complexity index is 1350. The van der Waals surface area contributed by atoms with Gasteiger partial charge >= 0.3 is 0 Å². The molecule has 3 aliphatic heterocycles. The Labute approximate surface area is 222 Å². The average molecular weight is 516 g/mol. The van der Waals surface area contributed by atoms with Crippen molar-refractivity contribution in [3.63, 3.8) is 0 Å². The third-order valence-corrected chi connectivity index (χ3v) is 6.96. The zero-order chi connectivity index (χ0) is 27.0. The number of rotatable bonds is 7. The maximum Gasteiger partial charge on any atom is 0.285 e. The third kappa shape index (κ3) is 4.63. The Morgan fingerprint density at radius 1 is 1.13 bits per heavy atom. The molecule has 1 N–H and O–H groups in total. The number of fused-ring (bicyclic) bond motifs is 2. The summed E-state index contributed by atoms with van der Waals surface area (Å²) in [4.78, 5) is 48.1. The quantitative estimate of drug-likeness (QED) is 0.609. The second kappa shape index (κ2) is 10.3. The maximum atomic E-state index is 14.1. The lowest BCUT2D eigenvalue weighted by Crippen LogP contribution is -2.52. The van der Waals surface area contributed by atoms with Crippen molar-refractivity contribution in [2.45, 2.75) is 18.4 Å². The predicted molar refractivity (Wildman–Crippen MR) is 147 cm³/mol. The van der Waals surface area contributed by atoms with Crippen LogP contribution in [0.3, 0.4) is 0 Å². The molecule has 3 aliphatic rings. The molecule has 3 heterocycles. The summed E-state index contributed by atoms with van der Waals surface area (Å²) >= 11 is 0. The van der Waals surface area contributed by atoms with Crippen LogP contribution in [0.5, 0.6) is 5.75 Å². The summed E-state index contributed by atoms with van der Waals surface area (Å²) in [5.41, 5.74) is 3.82. The number of para-hydroxylation sites is 1. The zero-order valence-electron chi connectivity index (χ0n) is 22.4. The molecule has 2 unspecified atom stereocenters. The standard InChI is InChI=1S/C28H33N7O3/c1-32(2)14-13-19-20(27(36)33(3)4)10-8-12-24(19)38-35-23-16-29-17-34(5)26(23)31-25(28(35)37)21-15-30-22-11-7-6-9-18(21)22/h6-12,16-17,21,25,30H,13-15H2,1-5H3. The molecule has 10 heteroatoms. The van der Waals surface area contributed by atoms with Crippen LogP contribution in [0.4, 0.5) is 5.69 Å². The number of amidine groups is 1. The van der Waals surface area contributed by atoms with E-state index >= 15 is 0 Å². The van der Waals surface area contributed by atoms with Crippen molar-refractivity contribution in [1.29, 1.82) is 0 Å². The van der Waals surface area contributed by atoms with Crippen LogP contribution in [0.1, 0.15) is 27.4 Å². The van der Waals surface area contributed by atoms with Gasteiger partial charge in [-0.1, -0.05) is 24.3 Å². The molecule has 38 heavy (non-hydrogen) atoms. The van der Waals surface area contributed by atoms with E-state index in [0.717, 1.165) is 16.8 Å². The fourth-order valence-corrected chi connectivity index (χ4v) is 4.96. The fourth-order valence-electron chi connectivity index (χ4n) is 4.96. The Balaban J connectivity index is 1.56. The van der Waals surface area contributed by atoms with E-state index in [4.69, 9.17) is 9.83 Å². The fraction of sp³-hybridized carbons (Fsp3) is 0.357. The van der Waals surface area contributed by atoms with Gasteiger partial charge in [-0.15, -0.1) is 5.06 Å². The van der Waals surface area contributed by atoms with Crippen LogP contribution in [0.25, 0.3) is 0 Å². The van der Waals surface area contributed by atoms with Gasteiger partial charge in [-0.3, -0.25) is 14.6 Å². The number of hydrogen-bond acceptors (Lipinski definition) is 8. The van der Waals surface area contributed by atoms with Gasteiger partial charge in [0.1, 0.15) is 11.7 Å². The van der Waals surface area contributed by atoms with E-state index in [1.165, 1.54) is 5.06 Å². The van der Waals surface area contributed by atoms with Crippen LogP contribution < -0.4 is 10.2 Å². The van der Waals surface area contributed by atoms with Gasteiger partial charge in [-0.25, -0.2) is 4.99 Å². The molecule has 10 nitrogen and oxygen atoms in total. The molecule has 198 valence electrons. The van der Waals surface area contributed by atoms with Crippen molar-refractivity contribution in [1.82, 2.24) is 19.8 Å². The van der Waals surface area contributed by atoms with Crippen molar-refractivity contribution >= 4 is 29.7 Å². The number of amides is 2. The molecule has 0 saturated heterocycles. The van der Waals surface area contributed by atoms with Crippen molar-refractivity contribution < 1.29 is 14.4 Å². The lowest BCUT2D eigenvalue weighted by molar-refractivity contribution is -0.152. The van der Waals surface area contributed by atoms with Crippen LogP contribution in [-0.4, -0.2) is 98.1 Å². The second-order valence-corrected chi connectivity index (χ2v) is 10.1. The predicted octanol–water partition coefficient (Wildman–Crippen LogP) is 2.42. The number of hydroxylamine groups is 2. The lowest BCUT2D eigenvalue weighted by atomic mass is 9.92. The van der Waals surface area contributed by atoms with Gasteiger partial charge in [-0.05, 0) is 44.3 Å². The number of likely N-dealkylation sites (N-methyl/N-ethyl adjacent to an activating group) is 2. The van der Waals surface area contributed by atoms with Crippen molar-refractivity contribution in [3.05, 3.63) is 71.1 Å². The first-order valence-electron chi connectivity index (χ1n) is 12.6. The third-order valence-electron chi connectivity index (χ3n) is 6.96. The monoisotopic (exact) mass is 515 g/mol. The van der Waals surface area contributed by atoms with Gasteiger partial charge in [0.15, 0.2) is 11.6 Å². The summed E-state index contributed by atoms with van der Waals surface area (Å²) in [6, 6.07) is 12.7. The van der Waals surface area contributed by atoms with Gasteiger partial charge in [0.2, 0.25) is 0 Å². The number of nitrogens with zero attached hydrogens (tertiary/aromatic N) is 6. The number of aliphatic imine (C=N–C) groups is 2. The van der Waals surface area contributed by atoms with E-state index in [0.29, 0.717) is 42.4 Å². The first kappa shape index (κ1) is 25.5. The molecule has 0 fully saturated rings. The normalized spacial score (nSPS) is 20.0. The van der Waals surface area contributed by atoms with Gasteiger partial charge in [0.25, 0.3) is 11.8 Å². The SMILES string of the molecule is CN(C)CCc1c(ON2C(=O)C(C3CNc4ccccc43)N=C3C2=CN=CN3C)cccc1C(=O)N(C)C. The Morgan fingerprint density at radius 3 is 2.68 bits per heavy atom. The van der Waals surface area contributed by atoms with Crippen molar-refractivity contribution in [3.8, 4) is 5.75 Å². The summed E-state index contributed by atoms with van der Waals surface area (Å²) in [5.74, 6) is 0.502. The molecular weight excluding hydrogens is 482 g/mol. The lowest BCUT2D eigenvalue weighted by Gasteiger charge is -2.37. The summed E-state index contributed by atoms with van der Waals surface area (Å²) in [7, 11) is 9.25. The van der Waals surface area contributed by atoms with E-state index in [1.54, 1.807) is 54.6 Å². The van der Waals surface area contributed by atoms with E-state index in [1.807, 2.05) is 50.3 Å². The van der Waals surface area contributed by atoms with E-state index in [9.17, 15) is 9.59 Å². The van der Waals surface area contributed by atoms with Crippen molar-refractivity contribution in [2.24, 2.45) is 9.98 Å². The van der Waals surface area contributed by atoms with Crippen LogP contribution >= 0.6 is 0 Å².